The summed E-state index contributed by atoms with van der Waals surface area (Å²) >= 11 is 1.85. The molecule has 3 aromatic heterocycles. The number of furan rings is 1. The number of rotatable bonds is 11. The number of carbonyl (C=O) groups is 1. The second-order valence-electron chi connectivity index (χ2n) is 17.0. The van der Waals surface area contributed by atoms with Gasteiger partial charge in [-0.1, -0.05) is 117 Å². The van der Waals surface area contributed by atoms with Crippen LogP contribution in [0.4, 0.5) is 0 Å². The first-order chi connectivity index (χ1) is 25.5. The minimum Gasteiger partial charge on any atom is -0.512 e. The minimum atomic E-state index is -0.337. The molecule has 0 fully saturated rings. The van der Waals surface area contributed by atoms with Crippen molar-refractivity contribution in [1.29, 1.82) is 0 Å². The van der Waals surface area contributed by atoms with E-state index in [1.807, 2.05) is 65.1 Å². The number of aryl methyl sites for hydroxylation is 1. The largest absolute Gasteiger partial charge is 0.512 e. The molecule has 55 heavy (non-hydrogen) atoms. The minimum absolute atomic E-state index is 0. The summed E-state index contributed by atoms with van der Waals surface area (Å²) in [5.41, 5.74) is 5.90. The van der Waals surface area contributed by atoms with Crippen LogP contribution in [-0.4, -0.2) is 15.9 Å². The van der Waals surface area contributed by atoms with Gasteiger partial charge in [-0.05, 0) is 74.1 Å². The maximum atomic E-state index is 12.2. The molecule has 6 rings (SSSR count). The number of carbonyl (C=O) groups excluding carboxylic acids is 1. The monoisotopic (exact) mass is 935 g/mol. The predicted octanol–water partition coefficient (Wildman–Crippen LogP) is 14.8. The van der Waals surface area contributed by atoms with Gasteiger partial charge in [0.2, 0.25) is 0 Å². The molecule has 295 valence electrons. The summed E-state index contributed by atoms with van der Waals surface area (Å²) in [5, 5.41) is 14.8. The number of aliphatic hydroxyl groups is 1. The molecule has 0 unspecified atom stereocenters. The standard InChI is InChI=1S/C34H32NOS.C15H28O2.Ir/c1-20(2)15-22-11-12-27-30(16-22)37-21(3)31(27)29-19-24-13-14-35-32(33(24)36-29)25-17-23-9-7-8-10-26(23)28(18-25)34(4,5)6;1-7-14(5,8-2)12(16)11-13(17)15(6,9-3)10-4;/h7-14,16,18-20H,15H2,1-6H3;11,16H,7-10H2,1-6H3;/q-1;;/b;12-11-;. The number of thiophene rings is 1. The van der Waals surface area contributed by atoms with Crippen LogP contribution >= 0.6 is 11.3 Å². The fourth-order valence-electron chi connectivity index (χ4n) is 7.11. The summed E-state index contributed by atoms with van der Waals surface area (Å²) in [6.45, 7) is 25.6. The van der Waals surface area contributed by atoms with Gasteiger partial charge >= 0.3 is 0 Å². The second kappa shape index (κ2) is 17.7. The molecule has 6 heteroatoms. The van der Waals surface area contributed by atoms with E-state index in [0.29, 0.717) is 5.92 Å². The van der Waals surface area contributed by atoms with Gasteiger partial charge in [-0.3, -0.25) is 9.78 Å². The molecule has 0 bridgehead atoms. The number of nitrogens with zero attached hydrogens (tertiary/aromatic N) is 1. The van der Waals surface area contributed by atoms with Crippen molar-refractivity contribution >= 4 is 48.9 Å². The van der Waals surface area contributed by atoms with Gasteiger partial charge in [0, 0.05) is 74.8 Å². The Labute approximate surface area is 347 Å². The Balaban J connectivity index is 0.000000320. The predicted molar refractivity (Wildman–Crippen MR) is 232 cm³/mol. The van der Waals surface area contributed by atoms with Crippen LogP contribution in [-0.2, 0) is 36.7 Å². The van der Waals surface area contributed by atoms with Gasteiger partial charge in [-0.25, -0.2) is 0 Å². The summed E-state index contributed by atoms with van der Waals surface area (Å²) in [7, 11) is 0. The van der Waals surface area contributed by atoms with Crippen LogP contribution in [0, 0.1) is 29.7 Å². The number of aliphatic hydroxyl groups excluding tert-OH is 1. The zero-order valence-electron chi connectivity index (χ0n) is 35.0. The number of allylic oxidation sites excluding steroid dienone is 2. The van der Waals surface area contributed by atoms with E-state index >= 15 is 0 Å². The van der Waals surface area contributed by atoms with Crippen molar-refractivity contribution in [2.45, 2.75) is 121 Å². The van der Waals surface area contributed by atoms with Crippen molar-refractivity contribution < 1.29 is 34.4 Å². The molecule has 4 nitrogen and oxygen atoms in total. The summed E-state index contributed by atoms with van der Waals surface area (Å²) in [5.74, 6) is 1.83. The Morgan fingerprint density at radius 1 is 0.891 bits per heavy atom. The molecule has 1 N–H and O–H groups in total. The van der Waals surface area contributed by atoms with Crippen molar-refractivity contribution in [2.75, 3.05) is 0 Å². The fraction of sp³-hybridized carbons (Fsp3) is 0.429. The third kappa shape index (κ3) is 9.36. The van der Waals surface area contributed by atoms with Crippen LogP contribution in [0.1, 0.15) is 118 Å². The van der Waals surface area contributed by atoms with Gasteiger partial charge < -0.3 is 9.52 Å². The number of aromatic nitrogens is 1. The molecule has 0 atom stereocenters. The first-order valence-corrected chi connectivity index (χ1v) is 20.6. The molecule has 0 amide bonds. The first-order valence-electron chi connectivity index (χ1n) is 19.8. The quantitative estimate of drug-likeness (QED) is 0.0799. The summed E-state index contributed by atoms with van der Waals surface area (Å²) in [6.07, 6.45) is 7.73. The van der Waals surface area contributed by atoms with Gasteiger partial charge in [-0.2, -0.15) is 0 Å². The molecule has 3 aromatic carbocycles. The van der Waals surface area contributed by atoms with Crippen molar-refractivity contribution in [3.05, 3.63) is 101 Å². The number of hydrogen-bond acceptors (Lipinski definition) is 5. The smallest absolute Gasteiger partial charge is 0.164 e. The molecule has 0 aliphatic heterocycles. The van der Waals surface area contributed by atoms with E-state index in [2.05, 4.69) is 102 Å². The molecule has 0 saturated carbocycles. The van der Waals surface area contributed by atoms with E-state index in [-0.39, 0.29) is 47.9 Å². The number of ketones is 1. The van der Waals surface area contributed by atoms with Gasteiger partial charge in [0.25, 0.3) is 0 Å². The van der Waals surface area contributed by atoms with Crippen LogP contribution in [0.25, 0.3) is 54.4 Å². The zero-order valence-corrected chi connectivity index (χ0v) is 38.2. The molecule has 1 radical (unpaired) electrons. The maximum Gasteiger partial charge on any atom is 0.164 e. The van der Waals surface area contributed by atoms with Crippen molar-refractivity contribution in [1.82, 2.24) is 4.98 Å². The fourth-order valence-corrected chi connectivity index (χ4v) is 8.24. The third-order valence-corrected chi connectivity index (χ3v) is 12.8. The van der Waals surface area contributed by atoms with Crippen LogP contribution < -0.4 is 0 Å². The summed E-state index contributed by atoms with van der Waals surface area (Å²) < 4.78 is 7.96. The summed E-state index contributed by atoms with van der Waals surface area (Å²) in [4.78, 5) is 18.3. The van der Waals surface area contributed by atoms with Crippen molar-refractivity contribution in [3.8, 4) is 22.6 Å². The molecule has 0 aliphatic rings. The number of hydrogen-bond donors (Lipinski definition) is 1. The normalized spacial score (nSPS) is 12.6. The number of pyridine rings is 1. The second-order valence-corrected chi connectivity index (χ2v) is 18.2. The zero-order chi connectivity index (χ0) is 39.6. The third-order valence-electron chi connectivity index (χ3n) is 11.7. The maximum absolute atomic E-state index is 12.2. The van der Waals surface area contributed by atoms with E-state index in [1.165, 1.54) is 43.1 Å². The van der Waals surface area contributed by atoms with Gasteiger partial charge in [0.05, 0.1) is 0 Å². The number of fused-ring (bicyclic) bond motifs is 3. The van der Waals surface area contributed by atoms with Crippen molar-refractivity contribution in [3.63, 3.8) is 0 Å². The average molecular weight is 935 g/mol. The van der Waals surface area contributed by atoms with Crippen LogP contribution in [0.5, 0.6) is 0 Å². The molecular weight excluding hydrogens is 875 g/mol. The molecule has 0 aliphatic carbocycles. The van der Waals surface area contributed by atoms with Gasteiger partial charge in [0.1, 0.15) is 17.1 Å². The van der Waals surface area contributed by atoms with Gasteiger partial charge in [-0.15, -0.1) is 40.5 Å². The van der Waals surface area contributed by atoms with E-state index in [4.69, 9.17) is 9.40 Å². The van der Waals surface area contributed by atoms with E-state index in [0.717, 1.165) is 65.5 Å². The molecule has 0 saturated heterocycles. The van der Waals surface area contributed by atoms with E-state index in [9.17, 15) is 9.90 Å². The van der Waals surface area contributed by atoms with Crippen molar-refractivity contribution in [2.24, 2.45) is 16.7 Å². The molecule has 6 aromatic rings. The topological polar surface area (TPSA) is 63.3 Å². The Morgan fingerprint density at radius 2 is 1.55 bits per heavy atom. The Bertz CT molecular complexity index is 2290. The summed E-state index contributed by atoms with van der Waals surface area (Å²) in [6, 6.07) is 25.5. The SMILES string of the molecule is CCC(C)(CC)C(=O)/C=C(\O)C(C)(CC)CC.Cc1sc2cc(CC(C)C)ccc2c1-c1cc2ccnc(-c3[c-]c4ccccc4c(C(C)(C)C)c3)c2o1.[Ir]. The Morgan fingerprint density at radius 3 is 2.16 bits per heavy atom. The van der Waals surface area contributed by atoms with Crippen LogP contribution in [0.3, 0.4) is 0 Å². The molecule has 0 spiro atoms. The number of benzene rings is 3. The molecular formula is C49H60IrNO3S-. The van der Waals surface area contributed by atoms with Crippen LogP contribution in [0.15, 0.2) is 83.1 Å². The Hall–Kier alpha value is -3.57. The first kappa shape index (κ1) is 44.1. The average Bonchev–Trinajstić information content (AvgIpc) is 3.72. The Kier molecular flexibility index (Phi) is 14.2. The van der Waals surface area contributed by atoms with Crippen LogP contribution in [0.2, 0.25) is 0 Å². The van der Waals surface area contributed by atoms with Gasteiger partial charge in [0.15, 0.2) is 5.78 Å². The van der Waals surface area contributed by atoms with E-state index in [1.54, 1.807) is 0 Å². The van der Waals surface area contributed by atoms with E-state index < -0.39 is 0 Å². The molecule has 3 heterocycles.